The van der Waals surface area contributed by atoms with E-state index in [0.717, 1.165) is 0 Å². The first-order valence-electron chi connectivity index (χ1n) is 15.2. The molecule has 0 aromatic carbocycles. The molecule has 59 heavy (non-hydrogen) atoms. The summed E-state index contributed by atoms with van der Waals surface area (Å²) in [4.78, 5) is 0. The highest BCUT2D eigenvalue weighted by Gasteiger charge is 2.88. The van der Waals surface area contributed by atoms with Gasteiger partial charge >= 0.3 is 54.6 Å². The fourth-order valence-electron chi connectivity index (χ4n) is 5.74. The van der Waals surface area contributed by atoms with E-state index in [1.807, 2.05) is 0 Å². The summed E-state index contributed by atoms with van der Waals surface area (Å²) in [5.74, 6) is -8.70. The third kappa shape index (κ3) is 12.3. The molecule has 0 radical (unpaired) electrons. The minimum Gasteiger partial charge on any atom is -0.485 e. The van der Waals surface area contributed by atoms with Crippen LogP contribution in [0.25, 0.3) is 0 Å². The Bertz CT molecular complexity index is 1400. The van der Waals surface area contributed by atoms with Crippen LogP contribution in [0.1, 0.15) is 61.8 Å². The van der Waals surface area contributed by atoms with Gasteiger partial charge < -0.3 is 9.47 Å². The maximum absolute atomic E-state index is 15.2. The second-order valence-corrected chi connectivity index (χ2v) is 14.2. The second-order valence-electron chi connectivity index (χ2n) is 14.2. The van der Waals surface area contributed by atoms with Gasteiger partial charge in [-0.25, -0.2) is 26.3 Å². The zero-order valence-corrected chi connectivity index (χ0v) is 30.5. The molecule has 0 N–H and O–H groups in total. The summed E-state index contributed by atoms with van der Waals surface area (Å²) in [5.41, 5.74) is -46.7. The van der Waals surface area contributed by atoms with Crippen molar-refractivity contribution in [2.24, 2.45) is 0 Å². The molecule has 0 amide bonds. The first-order chi connectivity index (χ1) is 25.0. The van der Waals surface area contributed by atoms with Gasteiger partial charge in [0.05, 0.1) is 5.57 Å². The normalized spacial score (nSPS) is 15.8. The molecule has 0 aliphatic rings. The van der Waals surface area contributed by atoms with Crippen LogP contribution in [0.2, 0.25) is 0 Å². The molecule has 0 rings (SSSR count). The number of alkyl halides is 27. The summed E-state index contributed by atoms with van der Waals surface area (Å²) in [6, 6.07) is 0. The summed E-state index contributed by atoms with van der Waals surface area (Å²) in [6.45, 7) is -3.28. The highest BCUT2D eigenvalue weighted by molar-refractivity contribution is 5.41. The Kier molecular flexibility index (Phi) is 15.2. The summed E-state index contributed by atoms with van der Waals surface area (Å²) in [5, 5.41) is 0. The third-order valence-corrected chi connectivity index (χ3v) is 7.37. The monoisotopic (exact) mass is 934 g/mol. The van der Waals surface area contributed by atoms with Crippen LogP contribution in [0.3, 0.4) is 0 Å². The van der Waals surface area contributed by atoms with Crippen molar-refractivity contribution < 1.29 is 128 Å². The van der Waals surface area contributed by atoms with Gasteiger partial charge in [0.25, 0.3) is 0 Å². The van der Waals surface area contributed by atoms with Crippen molar-refractivity contribution in [3.63, 3.8) is 0 Å². The van der Waals surface area contributed by atoms with E-state index in [1.54, 1.807) is 0 Å². The smallest absolute Gasteiger partial charge is 0.449 e. The molecule has 0 saturated heterocycles. The molecular formula is C30H29F27O2. The molecule has 1 unspecified atom stereocenters. The number of allylic oxidation sites excluding steroid dienone is 5. The fourth-order valence-corrected chi connectivity index (χ4v) is 5.74. The van der Waals surface area contributed by atoms with E-state index in [2.05, 4.69) is 9.47 Å². The van der Waals surface area contributed by atoms with Gasteiger partial charge in [0, 0.05) is 23.1 Å². The summed E-state index contributed by atoms with van der Waals surface area (Å²) < 4.78 is 391. The largest absolute Gasteiger partial charge is 0.485 e. The average Bonchev–Trinajstić information content (AvgIpc) is 2.86. The summed E-state index contributed by atoms with van der Waals surface area (Å²) in [6.07, 6.45) is -62.5. The lowest BCUT2D eigenvalue weighted by Gasteiger charge is -2.41. The highest BCUT2D eigenvalue weighted by atomic mass is 19.4. The molecule has 0 spiro atoms. The summed E-state index contributed by atoms with van der Waals surface area (Å²) in [7, 11) is 0. The van der Waals surface area contributed by atoms with Crippen LogP contribution in [-0.4, -0.2) is 90.0 Å². The van der Waals surface area contributed by atoms with Crippen LogP contribution >= 0.6 is 0 Å². The van der Waals surface area contributed by atoms with Crippen molar-refractivity contribution in [2.75, 3.05) is 6.61 Å². The van der Waals surface area contributed by atoms with Gasteiger partial charge in [0.2, 0.25) is 11.5 Å². The fraction of sp³-hybridized carbons (Fsp3) is 0.800. The molecule has 0 aliphatic carbocycles. The van der Waals surface area contributed by atoms with Crippen LogP contribution in [0.15, 0.2) is 33.8 Å². The Morgan fingerprint density at radius 2 is 0.627 bits per heavy atom. The molecule has 2 nitrogen and oxygen atoms in total. The highest BCUT2D eigenvalue weighted by Crippen LogP contribution is 2.63. The van der Waals surface area contributed by atoms with Crippen molar-refractivity contribution >= 4 is 0 Å². The quantitative estimate of drug-likeness (QED) is 0.104. The van der Waals surface area contributed by atoms with Crippen LogP contribution < -0.4 is 0 Å². The Morgan fingerprint density at radius 1 is 0.356 bits per heavy atom. The van der Waals surface area contributed by atoms with Crippen LogP contribution in [0.5, 0.6) is 0 Å². The zero-order valence-electron chi connectivity index (χ0n) is 30.5. The van der Waals surface area contributed by atoms with Gasteiger partial charge in [-0.15, -0.1) is 0 Å². The van der Waals surface area contributed by atoms with Crippen molar-refractivity contribution in [3.05, 3.63) is 33.8 Å². The van der Waals surface area contributed by atoms with Gasteiger partial charge in [0.15, 0.2) is 0 Å². The van der Waals surface area contributed by atoms with Crippen LogP contribution in [0.4, 0.5) is 119 Å². The van der Waals surface area contributed by atoms with Crippen LogP contribution in [-0.2, 0) is 9.47 Å². The summed E-state index contributed by atoms with van der Waals surface area (Å²) >= 11 is 0. The maximum Gasteiger partial charge on any atom is 0.449 e. The van der Waals surface area contributed by atoms with Crippen molar-refractivity contribution in [1.29, 1.82) is 0 Å². The number of rotatable bonds is 13. The Labute approximate surface area is 314 Å². The number of hydrogen-bond donors (Lipinski definition) is 0. The van der Waals surface area contributed by atoms with E-state index in [9.17, 15) is 92.2 Å². The van der Waals surface area contributed by atoms with Crippen LogP contribution in [0, 0.1) is 0 Å². The van der Waals surface area contributed by atoms with Gasteiger partial charge in [0.1, 0.15) is 35.4 Å². The molecule has 0 saturated carbocycles. The van der Waals surface area contributed by atoms with Gasteiger partial charge in [-0.1, -0.05) is 0 Å². The lowest BCUT2D eigenvalue weighted by Crippen LogP contribution is -2.66. The Balaban J connectivity index is 9.40. The van der Waals surface area contributed by atoms with Crippen molar-refractivity contribution in [2.45, 2.75) is 145 Å². The van der Waals surface area contributed by atoms with E-state index >= 15 is 26.3 Å². The average molecular weight is 935 g/mol. The molecule has 350 valence electrons. The van der Waals surface area contributed by atoms with Gasteiger partial charge in [-0.05, 0) is 55.4 Å². The molecule has 0 fully saturated rings. The third-order valence-electron chi connectivity index (χ3n) is 7.37. The number of halogens is 27. The molecular weight excluding hydrogens is 905 g/mol. The molecule has 0 aliphatic heterocycles. The van der Waals surface area contributed by atoms with E-state index in [0.29, 0.717) is 0 Å². The van der Waals surface area contributed by atoms with E-state index in [-0.39, 0.29) is 55.4 Å². The second kappa shape index (κ2) is 16.0. The minimum atomic E-state index is -8.84. The van der Waals surface area contributed by atoms with E-state index < -0.39 is 130 Å². The zero-order chi connectivity index (χ0) is 48.4. The van der Waals surface area contributed by atoms with E-state index in [1.165, 1.54) is 0 Å². The first kappa shape index (κ1) is 55.9. The Morgan fingerprint density at radius 3 is 0.831 bits per heavy atom. The van der Waals surface area contributed by atoms with Crippen molar-refractivity contribution in [3.8, 4) is 0 Å². The first-order valence-corrected chi connectivity index (χ1v) is 15.2. The standard InChI is InChI=1S/C30H29F27O2/c1-18(2,31)13(19(3,4)32)12(24(37,38)39)9-11(59-17(26(43,44)45)14(20(5,6)33)21(7,8)34)10-58-16(25(40,41)42)15(22(35,27(46,47)48)28(49,50)51)23(36,29(52,53)54)30(55,56)57/h11H,9-10H2,1-8H3. The van der Waals surface area contributed by atoms with Gasteiger partial charge in [-0.2, -0.15) is 92.2 Å². The minimum absolute atomic E-state index is 0.0155. The van der Waals surface area contributed by atoms with Crippen molar-refractivity contribution in [1.82, 2.24) is 0 Å². The number of hydrogen-bond acceptors (Lipinski definition) is 2. The SMILES string of the molecule is CC(C)(F)C(=C(CC(COC(=C(C(F)(C(F)(F)F)C(F)(F)F)C(F)(C(F)(F)F)C(F)(F)F)C(F)(F)F)OC(=C(C(C)(C)F)C(C)(C)F)C(F)(F)F)C(F)(F)F)C(C)(C)F. The molecule has 0 heterocycles. The molecule has 0 aromatic rings. The molecule has 0 bridgehead atoms. The topological polar surface area (TPSA) is 18.5 Å². The Hall–Kier alpha value is -3.07. The molecule has 29 heteroatoms. The lowest BCUT2D eigenvalue weighted by molar-refractivity contribution is -0.366. The van der Waals surface area contributed by atoms with Gasteiger partial charge in [-0.3, -0.25) is 0 Å². The predicted octanol–water partition coefficient (Wildman–Crippen LogP) is 13.9. The van der Waals surface area contributed by atoms with E-state index in [4.69, 9.17) is 0 Å². The molecule has 1 atom stereocenters. The predicted molar refractivity (Wildman–Crippen MR) is 147 cm³/mol. The number of ether oxygens (including phenoxy) is 2. The molecule has 0 aromatic heterocycles. The lowest BCUT2D eigenvalue weighted by atomic mass is 9.79. The maximum atomic E-state index is 15.2.